The summed E-state index contributed by atoms with van der Waals surface area (Å²) < 4.78 is 4.75. The minimum absolute atomic E-state index is 0.319. The van der Waals surface area contributed by atoms with E-state index in [0.717, 1.165) is 5.69 Å². The highest BCUT2D eigenvalue weighted by atomic mass is 32.1. The topological polar surface area (TPSA) is 76.1 Å². The molecule has 100 valence electrons. The maximum absolute atomic E-state index is 11.2. The van der Waals surface area contributed by atoms with Crippen LogP contribution >= 0.6 is 11.3 Å². The van der Waals surface area contributed by atoms with Crippen molar-refractivity contribution in [3.63, 3.8) is 0 Å². The zero-order valence-corrected chi connectivity index (χ0v) is 11.5. The molecule has 1 amide bonds. The van der Waals surface area contributed by atoms with Crippen LogP contribution in [-0.4, -0.2) is 22.9 Å². The Balaban J connectivity index is 1.97. The molecule has 1 aromatic carbocycles. The maximum Gasteiger partial charge on any atom is 0.413 e. The summed E-state index contributed by atoms with van der Waals surface area (Å²) in [6.45, 7) is 4.08. The predicted molar refractivity (Wildman–Crippen MR) is 75.0 cm³/mol. The van der Waals surface area contributed by atoms with Crippen LogP contribution in [-0.2, 0) is 4.74 Å². The highest BCUT2D eigenvalue weighted by molar-refractivity contribution is 7.19. The average molecular weight is 278 g/mol. The van der Waals surface area contributed by atoms with Crippen LogP contribution in [0.5, 0.6) is 0 Å². The Morgan fingerprint density at radius 3 is 2.63 bits per heavy atom. The fraction of sp³-hybridized carbons (Fsp3) is 0.250. The molecule has 2 rings (SSSR count). The minimum atomic E-state index is -0.527. The molecule has 0 bridgehead atoms. The van der Waals surface area contributed by atoms with Gasteiger partial charge in [0.2, 0.25) is 10.3 Å². The lowest BCUT2D eigenvalue weighted by Gasteiger charge is -2.01. The molecule has 0 saturated heterocycles. The van der Waals surface area contributed by atoms with Crippen molar-refractivity contribution < 1.29 is 9.53 Å². The van der Waals surface area contributed by atoms with E-state index in [-0.39, 0.29) is 0 Å². The summed E-state index contributed by atoms with van der Waals surface area (Å²) in [5, 5.41) is 14.4. The van der Waals surface area contributed by atoms with E-state index in [1.165, 1.54) is 16.9 Å². The van der Waals surface area contributed by atoms with Crippen molar-refractivity contribution in [3.8, 4) is 0 Å². The highest BCUT2D eigenvalue weighted by Gasteiger charge is 2.08. The van der Waals surface area contributed by atoms with Gasteiger partial charge in [0.1, 0.15) is 0 Å². The van der Waals surface area contributed by atoms with E-state index < -0.39 is 6.09 Å². The number of benzene rings is 1. The first-order valence-electron chi connectivity index (χ1n) is 5.78. The molecule has 0 aliphatic carbocycles. The van der Waals surface area contributed by atoms with Crippen LogP contribution in [0.2, 0.25) is 0 Å². The molecule has 0 unspecified atom stereocenters. The van der Waals surface area contributed by atoms with Crippen LogP contribution in [0.4, 0.5) is 20.7 Å². The van der Waals surface area contributed by atoms with Gasteiger partial charge >= 0.3 is 6.09 Å². The molecule has 6 nitrogen and oxygen atoms in total. The third-order valence-corrected chi connectivity index (χ3v) is 2.97. The first-order valence-corrected chi connectivity index (χ1v) is 6.60. The van der Waals surface area contributed by atoms with E-state index in [1.54, 1.807) is 6.92 Å². The van der Waals surface area contributed by atoms with Gasteiger partial charge in [-0.1, -0.05) is 29.0 Å². The Bertz CT molecular complexity index is 553. The second-order valence-corrected chi connectivity index (χ2v) is 4.73. The first kappa shape index (κ1) is 13.3. The molecular formula is C12H14N4O2S. The summed E-state index contributed by atoms with van der Waals surface area (Å²) in [7, 11) is 0. The largest absolute Gasteiger partial charge is 0.450 e. The Labute approximate surface area is 114 Å². The van der Waals surface area contributed by atoms with Gasteiger partial charge in [-0.2, -0.15) is 0 Å². The number of nitrogens with one attached hydrogen (secondary N) is 2. The van der Waals surface area contributed by atoms with Gasteiger partial charge in [0.25, 0.3) is 0 Å². The van der Waals surface area contributed by atoms with Gasteiger partial charge in [-0.05, 0) is 26.0 Å². The van der Waals surface area contributed by atoms with Crippen LogP contribution in [0.25, 0.3) is 0 Å². The Morgan fingerprint density at radius 2 is 1.95 bits per heavy atom. The molecule has 0 aliphatic heterocycles. The van der Waals surface area contributed by atoms with Gasteiger partial charge in [0.05, 0.1) is 6.61 Å². The molecule has 0 atom stereocenters. The van der Waals surface area contributed by atoms with Gasteiger partial charge < -0.3 is 10.1 Å². The molecule has 0 spiro atoms. The first-order chi connectivity index (χ1) is 9.17. The molecular weight excluding hydrogens is 264 g/mol. The predicted octanol–water partition coefficient (Wildman–Crippen LogP) is 3.16. The Kier molecular flexibility index (Phi) is 4.30. The fourth-order valence-electron chi connectivity index (χ4n) is 1.34. The van der Waals surface area contributed by atoms with Crippen molar-refractivity contribution in [3.05, 3.63) is 29.8 Å². The van der Waals surface area contributed by atoms with Crippen molar-refractivity contribution in [2.45, 2.75) is 13.8 Å². The molecule has 0 radical (unpaired) electrons. The van der Waals surface area contributed by atoms with Gasteiger partial charge in [-0.25, -0.2) is 4.79 Å². The van der Waals surface area contributed by atoms with Crippen molar-refractivity contribution in [1.29, 1.82) is 0 Å². The number of aromatic nitrogens is 2. The number of rotatable bonds is 4. The van der Waals surface area contributed by atoms with Gasteiger partial charge in [0, 0.05) is 5.69 Å². The fourth-order valence-corrected chi connectivity index (χ4v) is 1.99. The Hall–Kier alpha value is -2.15. The number of amides is 1. The molecule has 0 fully saturated rings. The van der Waals surface area contributed by atoms with E-state index >= 15 is 0 Å². The molecule has 0 aliphatic rings. The van der Waals surface area contributed by atoms with Gasteiger partial charge in [0.15, 0.2) is 0 Å². The summed E-state index contributed by atoms with van der Waals surface area (Å²) in [5.41, 5.74) is 2.11. The number of ether oxygens (including phenoxy) is 1. The molecule has 7 heteroatoms. The number of nitrogens with zero attached hydrogens (tertiary/aromatic N) is 2. The van der Waals surface area contributed by atoms with Crippen molar-refractivity contribution in [1.82, 2.24) is 10.2 Å². The molecule has 2 aromatic rings. The van der Waals surface area contributed by atoms with E-state index in [0.29, 0.717) is 16.9 Å². The summed E-state index contributed by atoms with van der Waals surface area (Å²) in [6, 6.07) is 7.91. The number of anilines is 3. The van der Waals surface area contributed by atoms with Crippen LogP contribution in [0.15, 0.2) is 24.3 Å². The second kappa shape index (κ2) is 6.14. The molecule has 2 N–H and O–H groups in total. The number of carbonyl (C=O) groups excluding carboxylic acids is 1. The molecule has 1 aromatic heterocycles. The van der Waals surface area contributed by atoms with Crippen LogP contribution in [0.1, 0.15) is 12.5 Å². The zero-order valence-electron chi connectivity index (χ0n) is 10.6. The van der Waals surface area contributed by atoms with Gasteiger partial charge in [-0.3, -0.25) is 5.32 Å². The summed E-state index contributed by atoms with van der Waals surface area (Å²) in [6.07, 6.45) is -0.527. The lowest BCUT2D eigenvalue weighted by atomic mass is 10.2. The normalized spacial score (nSPS) is 10.0. The van der Waals surface area contributed by atoms with E-state index in [9.17, 15) is 4.79 Å². The number of hydrogen-bond acceptors (Lipinski definition) is 6. The quantitative estimate of drug-likeness (QED) is 0.898. The maximum atomic E-state index is 11.2. The number of hydrogen-bond donors (Lipinski definition) is 2. The zero-order chi connectivity index (χ0) is 13.7. The highest BCUT2D eigenvalue weighted by Crippen LogP contribution is 2.23. The smallest absolute Gasteiger partial charge is 0.413 e. The summed E-state index contributed by atoms with van der Waals surface area (Å²) in [5.74, 6) is 0. The SMILES string of the molecule is CCOC(=O)Nc1nnc(Nc2ccc(C)cc2)s1. The lowest BCUT2D eigenvalue weighted by Crippen LogP contribution is -2.12. The van der Waals surface area contributed by atoms with E-state index in [1.807, 2.05) is 31.2 Å². The van der Waals surface area contributed by atoms with Crippen molar-refractivity contribution in [2.75, 3.05) is 17.2 Å². The second-order valence-electron chi connectivity index (χ2n) is 3.75. The minimum Gasteiger partial charge on any atom is -0.450 e. The van der Waals surface area contributed by atoms with Crippen molar-refractivity contribution >= 4 is 33.4 Å². The van der Waals surface area contributed by atoms with Gasteiger partial charge in [-0.15, -0.1) is 10.2 Å². The number of aryl methyl sites for hydroxylation is 1. The molecule has 1 heterocycles. The van der Waals surface area contributed by atoms with Crippen LogP contribution in [0.3, 0.4) is 0 Å². The monoisotopic (exact) mass is 278 g/mol. The van der Waals surface area contributed by atoms with Crippen LogP contribution in [0, 0.1) is 6.92 Å². The lowest BCUT2D eigenvalue weighted by molar-refractivity contribution is 0.168. The Morgan fingerprint density at radius 1 is 1.26 bits per heavy atom. The average Bonchev–Trinajstić information content (AvgIpc) is 2.80. The molecule has 19 heavy (non-hydrogen) atoms. The number of carbonyl (C=O) groups is 1. The van der Waals surface area contributed by atoms with E-state index in [2.05, 4.69) is 20.8 Å². The van der Waals surface area contributed by atoms with Crippen LogP contribution < -0.4 is 10.6 Å². The van der Waals surface area contributed by atoms with Crippen molar-refractivity contribution in [2.24, 2.45) is 0 Å². The molecule has 0 saturated carbocycles. The van der Waals surface area contributed by atoms with E-state index in [4.69, 9.17) is 4.74 Å². The standard InChI is InChI=1S/C12H14N4O2S/c1-3-18-12(17)14-11-16-15-10(19-11)13-9-6-4-8(2)5-7-9/h4-7H,3H2,1-2H3,(H,13,15)(H,14,16,17). The third-order valence-electron chi connectivity index (χ3n) is 2.21. The summed E-state index contributed by atoms with van der Waals surface area (Å²) in [4.78, 5) is 11.2. The summed E-state index contributed by atoms with van der Waals surface area (Å²) >= 11 is 1.24. The third kappa shape index (κ3) is 3.92.